The second-order valence-electron chi connectivity index (χ2n) is 3.83. The van der Waals surface area contributed by atoms with Crippen molar-refractivity contribution < 1.29 is 14.7 Å². The molecule has 4 nitrogen and oxygen atoms in total. The molecule has 1 heterocycles. The predicted octanol–water partition coefficient (Wildman–Crippen LogP) is 3.49. The average Bonchev–Trinajstić information content (AvgIpc) is 2.83. The lowest BCUT2D eigenvalue weighted by molar-refractivity contribution is 0.0697. The fraction of sp³-hybridized carbons (Fsp3) is 0.0769. The quantitative estimate of drug-likeness (QED) is 0.931. The lowest BCUT2D eigenvalue weighted by atomic mass is 10.1. The maximum atomic E-state index is 12.3. The number of para-hydroxylation sites is 1. The molecule has 0 aliphatic carbocycles. The van der Waals surface area contributed by atoms with Gasteiger partial charge in [-0.15, -0.1) is 11.3 Å². The molecule has 0 aliphatic heterocycles. The number of carbonyl (C=O) groups is 2. The smallest absolute Gasteiger partial charge is 0.337 e. The Kier molecular flexibility index (Phi) is 4.01. The number of carboxylic acids is 1. The van der Waals surface area contributed by atoms with E-state index in [9.17, 15) is 9.59 Å². The van der Waals surface area contributed by atoms with Crippen molar-refractivity contribution in [3.8, 4) is 0 Å². The van der Waals surface area contributed by atoms with Crippen molar-refractivity contribution >= 4 is 44.8 Å². The van der Waals surface area contributed by atoms with Gasteiger partial charge >= 0.3 is 5.97 Å². The van der Waals surface area contributed by atoms with Gasteiger partial charge in [0.15, 0.2) is 0 Å². The number of thiophene rings is 1. The van der Waals surface area contributed by atoms with Crippen LogP contribution in [0.1, 0.15) is 20.7 Å². The van der Waals surface area contributed by atoms with Gasteiger partial charge in [-0.1, -0.05) is 12.1 Å². The number of hydrogen-bond acceptors (Lipinski definition) is 3. The van der Waals surface area contributed by atoms with Gasteiger partial charge in [-0.3, -0.25) is 4.79 Å². The Bertz CT molecular complexity index is 638. The Morgan fingerprint density at radius 1 is 1.32 bits per heavy atom. The SMILES string of the molecule is CN(C(=O)c1csc(Br)c1)c1ccccc1C(=O)O. The van der Waals surface area contributed by atoms with Gasteiger partial charge in [-0.25, -0.2) is 4.79 Å². The zero-order chi connectivity index (χ0) is 14.0. The van der Waals surface area contributed by atoms with Crippen LogP contribution in [0.15, 0.2) is 39.5 Å². The van der Waals surface area contributed by atoms with Gasteiger partial charge in [-0.2, -0.15) is 0 Å². The number of aromatic carboxylic acids is 1. The Morgan fingerprint density at radius 2 is 2.00 bits per heavy atom. The van der Waals surface area contributed by atoms with E-state index in [1.807, 2.05) is 0 Å². The maximum absolute atomic E-state index is 12.3. The number of halogens is 1. The molecule has 0 fully saturated rings. The first-order valence-corrected chi connectivity index (χ1v) is 7.02. The van der Waals surface area contributed by atoms with E-state index in [0.717, 1.165) is 3.79 Å². The van der Waals surface area contributed by atoms with E-state index in [0.29, 0.717) is 11.3 Å². The molecule has 1 aromatic carbocycles. The summed E-state index contributed by atoms with van der Waals surface area (Å²) in [6, 6.07) is 8.14. The van der Waals surface area contributed by atoms with Crippen molar-refractivity contribution in [1.82, 2.24) is 0 Å². The van der Waals surface area contributed by atoms with Crippen LogP contribution in [0.2, 0.25) is 0 Å². The molecule has 1 amide bonds. The van der Waals surface area contributed by atoms with Crippen molar-refractivity contribution in [2.75, 3.05) is 11.9 Å². The van der Waals surface area contributed by atoms with Gasteiger partial charge in [0.05, 0.1) is 20.6 Å². The summed E-state index contributed by atoms with van der Waals surface area (Å²) in [5, 5.41) is 10.9. The highest BCUT2D eigenvalue weighted by molar-refractivity contribution is 9.11. The van der Waals surface area contributed by atoms with E-state index < -0.39 is 5.97 Å². The zero-order valence-electron chi connectivity index (χ0n) is 9.96. The van der Waals surface area contributed by atoms with E-state index in [1.54, 1.807) is 36.7 Å². The molecular formula is C13H10BrNO3S. The number of hydrogen-bond donors (Lipinski definition) is 1. The third-order valence-corrected chi connectivity index (χ3v) is 4.12. The van der Waals surface area contributed by atoms with Crippen LogP contribution in [0.4, 0.5) is 5.69 Å². The van der Waals surface area contributed by atoms with Crippen molar-refractivity contribution in [1.29, 1.82) is 0 Å². The Labute approximate surface area is 122 Å². The molecule has 0 radical (unpaired) electrons. The normalized spacial score (nSPS) is 10.2. The summed E-state index contributed by atoms with van der Waals surface area (Å²) < 4.78 is 0.857. The van der Waals surface area contributed by atoms with E-state index in [1.165, 1.54) is 22.3 Å². The summed E-state index contributed by atoms with van der Waals surface area (Å²) in [5.41, 5.74) is 1.01. The molecule has 19 heavy (non-hydrogen) atoms. The van der Waals surface area contributed by atoms with Crippen LogP contribution in [0.25, 0.3) is 0 Å². The maximum Gasteiger partial charge on any atom is 0.337 e. The van der Waals surface area contributed by atoms with Crippen LogP contribution in [-0.2, 0) is 0 Å². The van der Waals surface area contributed by atoms with Gasteiger partial charge in [0, 0.05) is 12.4 Å². The van der Waals surface area contributed by atoms with Gasteiger partial charge in [0.1, 0.15) is 0 Å². The molecule has 1 aromatic heterocycles. The molecule has 0 saturated heterocycles. The summed E-state index contributed by atoms with van der Waals surface area (Å²) in [6.45, 7) is 0. The minimum atomic E-state index is -1.05. The summed E-state index contributed by atoms with van der Waals surface area (Å²) in [5.74, 6) is -1.29. The predicted molar refractivity (Wildman–Crippen MR) is 78.2 cm³/mol. The summed E-state index contributed by atoms with van der Waals surface area (Å²) in [4.78, 5) is 24.7. The highest BCUT2D eigenvalue weighted by Gasteiger charge is 2.19. The second kappa shape index (κ2) is 5.54. The highest BCUT2D eigenvalue weighted by atomic mass is 79.9. The first-order chi connectivity index (χ1) is 9.00. The van der Waals surface area contributed by atoms with Crippen LogP contribution in [0.3, 0.4) is 0 Å². The van der Waals surface area contributed by atoms with E-state index >= 15 is 0 Å². The minimum Gasteiger partial charge on any atom is -0.478 e. The second-order valence-corrected chi connectivity index (χ2v) is 6.12. The molecule has 0 aliphatic rings. The third-order valence-electron chi connectivity index (χ3n) is 2.61. The Morgan fingerprint density at radius 3 is 2.58 bits per heavy atom. The third kappa shape index (κ3) is 2.85. The molecule has 0 saturated carbocycles. The minimum absolute atomic E-state index is 0.104. The summed E-state index contributed by atoms with van der Waals surface area (Å²) in [7, 11) is 1.57. The molecule has 0 unspecified atom stereocenters. The largest absolute Gasteiger partial charge is 0.478 e. The zero-order valence-corrected chi connectivity index (χ0v) is 12.4. The molecule has 2 aromatic rings. The number of nitrogens with zero attached hydrogens (tertiary/aromatic N) is 1. The first kappa shape index (κ1) is 13.8. The molecule has 1 N–H and O–H groups in total. The number of carbonyl (C=O) groups excluding carboxylic acids is 1. The monoisotopic (exact) mass is 339 g/mol. The van der Waals surface area contributed by atoms with Gasteiger partial charge in [0.2, 0.25) is 0 Å². The van der Waals surface area contributed by atoms with Crippen LogP contribution < -0.4 is 4.90 Å². The Balaban J connectivity index is 2.37. The highest BCUT2D eigenvalue weighted by Crippen LogP contribution is 2.25. The summed E-state index contributed by atoms with van der Waals surface area (Å²) >= 11 is 4.71. The van der Waals surface area contributed by atoms with Gasteiger partial charge in [0.25, 0.3) is 5.91 Å². The summed E-state index contributed by atoms with van der Waals surface area (Å²) in [6.07, 6.45) is 0. The Hall–Kier alpha value is -1.66. The molecule has 6 heteroatoms. The molecular weight excluding hydrogens is 330 g/mol. The lowest BCUT2D eigenvalue weighted by Crippen LogP contribution is -2.27. The van der Waals surface area contributed by atoms with Crippen molar-refractivity contribution in [3.63, 3.8) is 0 Å². The molecule has 98 valence electrons. The van der Waals surface area contributed by atoms with Crippen molar-refractivity contribution in [3.05, 3.63) is 50.6 Å². The topological polar surface area (TPSA) is 57.6 Å². The molecule has 0 atom stereocenters. The standard InChI is InChI=1S/C13H10BrNO3S/c1-15(12(16)8-6-11(14)19-7-8)10-5-3-2-4-9(10)13(17)18/h2-7H,1H3,(H,17,18). The van der Waals surface area contributed by atoms with Crippen LogP contribution in [-0.4, -0.2) is 24.0 Å². The molecule has 0 spiro atoms. The number of carboxylic acid groups (broad SMARTS) is 1. The number of anilines is 1. The number of benzene rings is 1. The van der Waals surface area contributed by atoms with Crippen molar-refractivity contribution in [2.45, 2.75) is 0 Å². The van der Waals surface area contributed by atoms with Gasteiger partial charge in [-0.05, 0) is 34.1 Å². The molecule has 0 bridgehead atoms. The lowest BCUT2D eigenvalue weighted by Gasteiger charge is -2.18. The van der Waals surface area contributed by atoms with Crippen LogP contribution in [0.5, 0.6) is 0 Å². The number of rotatable bonds is 3. The van der Waals surface area contributed by atoms with E-state index in [2.05, 4.69) is 15.9 Å². The molecule has 2 rings (SSSR count). The fourth-order valence-corrected chi connectivity index (χ4v) is 2.80. The van der Waals surface area contributed by atoms with Crippen molar-refractivity contribution in [2.24, 2.45) is 0 Å². The first-order valence-electron chi connectivity index (χ1n) is 5.35. The van der Waals surface area contributed by atoms with Gasteiger partial charge < -0.3 is 10.0 Å². The van der Waals surface area contributed by atoms with Crippen LogP contribution >= 0.6 is 27.3 Å². The number of amides is 1. The van der Waals surface area contributed by atoms with E-state index in [4.69, 9.17) is 5.11 Å². The fourth-order valence-electron chi connectivity index (χ4n) is 1.67. The van der Waals surface area contributed by atoms with E-state index in [-0.39, 0.29) is 11.5 Å². The van der Waals surface area contributed by atoms with Crippen LogP contribution in [0, 0.1) is 0 Å². The average molecular weight is 340 g/mol.